The van der Waals surface area contributed by atoms with Gasteiger partial charge in [0.25, 0.3) is 0 Å². The molecule has 0 aromatic carbocycles. The number of hydrogen-bond acceptors (Lipinski definition) is 3. The second-order valence-corrected chi connectivity index (χ2v) is 6.31. The molecule has 0 radical (unpaired) electrons. The Balaban J connectivity index is 0.000000178. The molecule has 2 amide bonds. The minimum absolute atomic E-state index is 0.148. The van der Waals surface area contributed by atoms with E-state index >= 15 is 0 Å². The zero-order chi connectivity index (χ0) is 14.2. The van der Waals surface area contributed by atoms with Crippen LogP contribution in [-0.2, 0) is 9.59 Å². The van der Waals surface area contributed by atoms with Gasteiger partial charge < -0.3 is 5.32 Å². The zero-order valence-corrected chi connectivity index (χ0v) is 12.5. The number of amides is 2. The largest absolute Gasteiger partial charge is 0.311 e. The van der Waals surface area contributed by atoms with E-state index in [2.05, 4.69) is 10.6 Å². The second-order valence-electron chi connectivity index (χ2n) is 6.31. The monoisotopic (exact) mass is 280 g/mol. The van der Waals surface area contributed by atoms with E-state index in [-0.39, 0.29) is 11.8 Å². The van der Waals surface area contributed by atoms with Crippen LogP contribution in [0.4, 0.5) is 0 Å². The lowest BCUT2D eigenvalue weighted by Gasteiger charge is -2.30. The molecule has 0 unspecified atom stereocenters. The SMILES string of the molecule is C1CCC(NC2CCCCC2)CC1.O=C1CCC(=O)N1. The van der Waals surface area contributed by atoms with Crippen LogP contribution >= 0.6 is 0 Å². The maximum atomic E-state index is 10.1. The molecule has 0 aromatic heterocycles. The van der Waals surface area contributed by atoms with Crippen LogP contribution in [0, 0.1) is 0 Å². The molecule has 3 fully saturated rings. The van der Waals surface area contributed by atoms with Crippen LogP contribution in [-0.4, -0.2) is 23.9 Å². The fraction of sp³-hybridized carbons (Fsp3) is 0.875. The van der Waals surface area contributed by atoms with Gasteiger partial charge in [0.05, 0.1) is 0 Å². The van der Waals surface area contributed by atoms with Crippen molar-refractivity contribution in [1.82, 2.24) is 10.6 Å². The van der Waals surface area contributed by atoms with Crippen molar-refractivity contribution in [3.8, 4) is 0 Å². The number of carbonyl (C=O) groups is 2. The van der Waals surface area contributed by atoms with Gasteiger partial charge in [-0.1, -0.05) is 38.5 Å². The Morgan fingerprint density at radius 1 is 0.700 bits per heavy atom. The predicted molar refractivity (Wildman–Crippen MR) is 79.3 cm³/mol. The normalized spacial score (nSPS) is 25.0. The number of carbonyl (C=O) groups excluding carboxylic acids is 2. The lowest BCUT2D eigenvalue weighted by Crippen LogP contribution is -2.40. The summed E-state index contributed by atoms with van der Waals surface area (Å²) in [6, 6.07) is 1.74. The molecule has 20 heavy (non-hydrogen) atoms. The van der Waals surface area contributed by atoms with Gasteiger partial charge in [0.15, 0.2) is 0 Å². The fourth-order valence-electron chi connectivity index (χ4n) is 3.38. The molecule has 2 saturated carbocycles. The Morgan fingerprint density at radius 3 is 1.40 bits per heavy atom. The summed E-state index contributed by atoms with van der Waals surface area (Å²) in [5, 5.41) is 6.00. The smallest absolute Gasteiger partial charge is 0.227 e. The lowest BCUT2D eigenvalue weighted by atomic mass is 9.91. The Labute approximate surface area is 122 Å². The predicted octanol–water partition coefficient (Wildman–Crippen LogP) is 2.66. The van der Waals surface area contributed by atoms with Crippen molar-refractivity contribution in [3.63, 3.8) is 0 Å². The van der Waals surface area contributed by atoms with Crippen molar-refractivity contribution in [1.29, 1.82) is 0 Å². The van der Waals surface area contributed by atoms with E-state index < -0.39 is 0 Å². The molecule has 4 heteroatoms. The van der Waals surface area contributed by atoms with Gasteiger partial charge in [-0.15, -0.1) is 0 Å². The molecule has 1 heterocycles. The maximum absolute atomic E-state index is 10.1. The molecule has 3 aliphatic rings. The van der Waals surface area contributed by atoms with Crippen LogP contribution in [0.2, 0.25) is 0 Å². The van der Waals surface area contributed by atoms with Crippen LogP contribution in [0.5, 0.6) is 0 Å². The highest BCUT2D eigenvalue weighted by molar-refractivity contribution is 6.01. The Bertz CT molecular complexity index is 288. The third-order valence-electron chi connectivity index (χ3n) is 4.54. The van der Waals surface area contributed by atoms with E-state index in [0.717, 1.165) is 12.1 Å². The van der Waals surface area contributed by atoms with Crippen molar-refractivity contribution >= 4 is 11.8 Å². The van der Waals surface area contributed by atoms with Crippen LogP contribution in [0.3, 0.4) is 0 Å². The zero-order valence-electron chi connectivity index (χ0n) is 12.5. The number of hydrogen-bond donors (Lipinski definition) is 2. The summed E-state index contributed by atoms with van der Waals surface area (Å²) in [5.41, 5.74) is 0. The van der Waals surface area contributed by atoms with Crippen molar-refractivity contribution in [2.24, 2.45) is 0 Å². The van der Waals surface area contributed by atoms with Crippen LogP contribution in [0.15, 0.2) is 0 Å². The third kappa shape index (κ3) is 5.61. The Hall–Kier alpha value is -0.900. The summed E-state index contributed by atoms with van der Waals surface area (Å²) in [6.07, 6.45) is 15.3. The van der Waals surface area contributed by atoms with E-state index in [1.165, 1.54) is 64.2 Å². The first kappa shape index (κ1) is 15.5. The third-order valence-corrected chi connectivity index (χ3v) is 4.54. The van der Waals surface area contributed by atoms with Gasteiger partial charge in [0.2, 0.25) is 11.8 Å². The topological polar surface area (TPSA) is 58.2 Å². The number of rotatable bonds is 2. The molecule has 0 bridgehead atoms. The summed E-state index contributed by atoms with van der Waals surface area (Å²) in [4.78, 5) is 20.2. The molecular weight excluding hydrogens is 252 g/mol. The Kier molecular flexibility index (Phi) is 6.51. The van der Waals surface area contributed by atoms with Gasteiger partial charge in [0.1, 0.15) is 0 Å². The summed E-state index contributed by atoms with van der Waals surface area (Å²) in [6.45, 7) is 0. The summed E-state index contributed by atoms with van der Waals surface area (Å²) < 4.78 is 0. The highest BCUT2D eigenvalue weighted by Gasteiger charge is 2.19. The first-order valence-corrected chi connectivity index (χ1v) is 8.33. The number of nitrogens with one attached hydrogen (secondary N) is 2. The molecule has 0 aromatic rings. The van der Waals surface area contributed by atoms with E-state index in [9.17, 15) is 9.59 Å². The maximum Gasteiger partial charge on any atom is 0.227 e. The summed E-state index contributed by atoms with van der Waals surface area (Å²) >= 11 is 0. The first-order chi connectivity index (χ1) is 9.74. The average molecular weight is 280 g/mol. The molecule has 114 valence electrons. The number of imide groups is 1. The standard InChI is InChI=1S/C12H23N.C4H5NO2/c1-3-7-11(8-4-1)13-12-9-5-2-6-10-12;6-3-1-2-4(7)5-3/h11-13H,1-10H2;1-2H2,(H,5,6,7). The lowest BCUT2D eigenvalue weighted by molar-refractivity contribution is -0.124. The van der Waals surface area contributed by atoms with E-state index in [1.54, 1.807) is 0 Å². The van der Waals surface area contributed by atoms with Crippen molar-refractivity contribution in [2.75, 3.05) is 0 Å². The summed E-state index contributed by atoms with van der Waals surface area (Å²) in [7, 11) is 0. The fourth-order valence-corrected chi connectivity index (χ4v) is 3.38. The van der Waals surface area contributed by atoms with Gasteiger partial charge in [0, 0.05) is 24.9 Å². The van der Waals surface area contributed by atoms with Gasteiger partial charge in [-0.2, -0.15) is 0 Å². The minimum atomic E-state index is -0.148. The van der Waals surface area contributed by atoms with Crippen molar-refractivity contribution in [2.45, 2.75) is 89.1 Å². The molecule has 2 N–H and O–H groups in total. The van der Waals surface area contributed by atoms with Gasteiger partial charge in [-0.25, -0.2) is 0 Å². The van der Waals surface area contributed by atoms with Crippen LogP contribution in [0.1, 0.15) is 77.0 Å². The van der Waals surface area contributed by atoms with Crippen LogP contribution < -0.4 is 10.6 Å². The average Bonchev–Trinajstić information content (AvgIpc) is 2.85. The molecule has 2 aliphatic carbocycles. The molecule has 1 saturated heterocycles. The quantitative estimate of drug-likeness (QED) is 0.765. The molecular formula is C16H28N2O2. The molecule has 4 nitrogen and oxygen atoms in total. The van der Waals surface area contributed by atoms with Crippen molar-refractivity contribution in [3.05, 3.63) is 0 Å². The van der Waals surface area contributed by atoms with Gasteiger partial charge >= 0.3 is 0 Å². The van der Waals surface area contributed by atoms with E-state index in [1.807, 2.05) is 0 Å². The molecule has 0 spiro atoms. The summed E-state index contributed by atoms with van der Waals surface area (Å²) in [5.74, 6) is -0.296. The molecule has 1 aliphatic heterocycles. The van der Waals surface area contributed by atoms with Gasteiger partial charge in [-0.05, 0) is 25.7 Å². The minimum Gasteiger partial charge on any atom is -0.311 e. The Morgan fingerprint density at radius 2 is 1.10 bits per heavy atom. The second kappa shape index (κ2) is 8.40. The van der Waals surface area contributed by atoms with E-state index in [0.29, 0.717) is 12.8 Å². The van der Waals surface area contributed by atoms with E-state index in [4.69, 9.17) is 0 Å². The molecule has 3 rings (SSSR count). The highest BCUT2D eigenvalue weighted by Crippen LogP contribution is 2.22. The first-order valence-electron chi connectivity index (χ1n) is 8.33. The van der Waals surface area contributed by atoms with Gasteiger partial charge in [-0.3, -0.25) is 14.9 Å². The van der Waals surface area contributed by atoms with Crippen molar-refractivity contribution < 1.29 is 9.59 Å². The highest BCUT2D eigenvalue weighted by atomic mass is 16.2. The molecule has 0 atom stereocenters. The van der Waals surface area contributed by atoms with Crippen LogP contribution in [0.25, 0.3) is 0 Å².